The summed E-state index contributed by atoms with van der Waals surface area (Å²) in [6.45, 7) is 0. The molecule has 0 fully saturated rings. The van der Waals surface area contributed by atoms with Gasteiger partial charge in [-0.25, -0.2) is 9.67 Å². The summed E-state index contributed by atoms with van der Waals surface area (Å²) < 4.78 is 3.41. The third kappa shape index (κ3) is 4.46. The van der Waals surface area contributed by atoms with Crippen LogP contribution < -0.4 is 5.32 Å². The van der Waals surface area contributed by atoms with E-state index < -0.39 is 0 Å². The fraction of sp³-hybridized carbons (Fsp3) is 0.0625. The topological polar surface area (TPSA) is 59.8 Å². The summed E-state index contributed by atoms with van der Waals surface area (Å²) in [6, 6.07) is 15.3. The van der Waals surface area contributed by atoms with E-state index in [0.29, 0.717) is 5.16 Å². The molecule has 0 aliphatic carbocycles. The summed E-state index contributed by atoms with van der Waals surface area (Å²) in [4.78, 5) is 16.3. The molecule has 0 atom stereocenters. The Morgan fingerprint density at radius 1 is 1.17 bits per heavy atom. The van der Waals surface area contributed by atoms with Gasteiger partial charge in [0.1, 0.15) is 6.33 Å². The van der Waals surface area contributed by atoms with Crippen molar-refractivity contribution < 1.29 is 4.79 Å². The summed E-state index contributed by atoms with van der Waals surface area (Å²) >= 11 is 8.09. The molecule has 0 spiro atoms. The molecule has 0 bridgehead atoms. The standard InChI is InChI=1S/C16H12Br2N4OS/c17-11-6-7-13(18)14(8-11)20-15(23)9-24-16-19-10-22(21-16)12-4-2-1-3-5-12/h1-8,10H,9H2,(H,20,23). The Morgan fingerprint density at radius 3 is 2.75 bits per heavy atom. The molecule has 122 valence electrons. The highest BCUT2D eigenvalue weighted by atomic mass is 79.9. The fourth-order valence-electron chi connectivity index (χ4n) is 1.93. The van der Waals surface area contributed by atoms with Crippen LogP contribution in [-0.2, 0) is 4.79 Å². The highest BCUT2D eigenvalue weighted by molar-refractivity contribution is 9.11. The lowest BCUT2D eigenvalue weighted by Crippen LogP contribution is -2.14. The van der Waals surface area contributed by atoms with Crippen LogP contribution in [0.1, 0.15) is 0 Å². The first kappa shape index (κ1) is 17.2. The first-order valence-electron chi connectivity index (χ1n) is 6.96. The van der Waals surface area contributed by atoms with Crippen molar-refractivity contribution in [3.63, 3.8) is 0 Å². The molecule has 2 aromatic carbocycles. The number of nitrogens with zero attached hydrogens (tertiary/aromatic N) is 3. The Labute approximate surface area is 160 Å². The van der Waals surface area contributed by atoms with Gasteiger partial charge in [-0.3, -0.25) is 4.79 Å². The summed E-state index contributed by atoms with van der Waals surface area (Å²) in [5, 5.41) is 7.78. The van der Waals surface area contributed by atoms with Crippen LogP contribution >= 0.6 is 43.6 Å². The summed E-state index contributed by atoms with van der Waals surface area (Å²) in [7, 11) is 0. The van der Waals surface area contributed by atoms with Crippen molar-refractivity contribution in [2.45, 2.75) is 5.16 Å². The van der Waals surface area contributed by atoms with Crippen LogP contribution in [0.3, 0.4) is 0 Å². The van der Waals surface area contributed by atoms with Gasteiger partial charge in [0.05, 0.1) is 17.1 Å². The molecule has 1 amide bonds. The number of carbonyl (C=O) groups excluding carboxylic acids is 1. The number of carbonyl (C=O) groups is 1. The molecule has 5 nitrogen and oxygen atoms in total. The van der Waals surface area contributed by atoms with Gasteiger partial charge >= 0.3 is 0 Å². The van der Waals surface area contributed by atoms with Gasteiger partial charge in [-0.15, -0.1) is 5.10 Å². The molecule has 3 rings (SSSR count). The molecule has 3 aromatic rings. The molecule has 8 heteroatoms. The van der Waals surface area contributed by atoms with Crippen LogP contribution in [0, 0.1) is 0 Å². The van der Waals surface area contributed by atoms with Gasteiger partial charge in [-0.05, 0) is 46.3 Å². The van der Waals surface area contributed by atoms with E-state index in [1.165, 1.54) is 11.8 Å². The highest BCUT2D eigenvalue weighted by Gasteiger charge is 2.09. The smallest absolute Gasteiger partial charge is 0.234 e. The average Bonchev–Trinajstić information content (AvgIpc) is 3.06. The number of rotatable bonds is 5. The van der Waals surface area contributed by atoms with Gasteiger partial charge in [0.2, 0.25) is 11.1 Å². The minimum Gasteiger partial charge on any atom is -0.324 e. The van der Waals surface area contributed by atoms with Gasteiger partial charge in [0.15, 0.2) is 0 Å². The first-order chi connectivity index (χ1) is 11.6. The number of halogens is 2. The number of thioether (sulfide) groups is 1. The summed E-state index contributed by atoms with van der Waals surface area (Å²) in [6.07, 6.45) is 1.64. The molecular weight excluding hydrogens is 456 g/mol. The Hall–Kier alpha value is -1.64. The molecule has 0 aliphatic rings. The number of hydrogen-bond acceptors (Lipinski definition) is 4. The lowest BCUT2D eigenvalue weighted by Gasteiger charge is -2.07. The van der Waals surface area contributed by atoms with Crippen molar-refractivity contribution in [2.75, 3.05) is 11.1 Å². The van der Waals surface area contributed by atoms with Crippen molar-refractivity contribution in [3.05, 3.63) is 63.8 Å². The number of benzene rings is 2. The third-order valence-corrected chi connectivity index (χ3v) is 5.06. The molecule has 0 unspecified atom stereocenters. The van der Waals surface area contributed by atoms with E-state index in [4.69, 9.17) is 0 Å². The molecule has 1 N–H and O–H groups in total. The SMILES string of the molecule is O=C(CSc1ncn(-c2ccccc2)n1)Nc1cc(Br)ccc1Br. The molecule has 0 saturated carbocycles. The zero-order valence-electron chi connectivity index (χ0n) is 12.3. The summed E-state index contributed by atoms with van der Waals surface area (Å²) in [5.41, 5.74) is 1.65. The molecule has 1 aromatic heterocycles. The summed E-state index contributed by atoms with van der Waals surface area (Å²) in [5.74, 6) is 0.118. The van der Waals surface area contributed by atoms with Crippen LogP contribution in [0.5, 0.6) is 0 Å². The minimum atomic E-state index is -0.116. The quantitative estimate of drug-likeness (QED) is 0.560. The Bertz CT molecular complexity index is 854. The Kier molecular flexibility index (Phi) is 5.70. The molecule has 1 heterocycles. The Morgan fingerprint density at radius 2 is 1.96 bits per heavy atom. The number of hydrogen-bond donors (Lipinski definition) is 1. The van der Waals surface area contributed by atoms with Crippen molar-refractivity contribution >= 4 is 55.2 Å². The number of aromatic nitrogens is 3. The first-order valence-corrected chi connectivity index (χ1v) is 9.54. The highest BCUT2D eigenvalue weighted by Crippen LogP contribution is 2.26. The van der Waals surface area contributed by atoms with Crippen molar-refractivity contribution in [1.82, 2.24) is 14.8 Å². The second-order valence-corrected chi connectivity index (χ2v) is 7.48. The van der Waals surface area contributed by atoms with Gasteiger partial charge in [-0.2, -0.15) is 0 Å². The molecule has 0 saturated heterocycles. The second kappa shape index (κ2) is 7.96. The van der Waals surface area contributed by atoms with Gasteiger partial charge < -0.3 is 5.32 Å². The van der Waals surface area contributed by atoms with Gasteiger partial charge in [0, 0.05) is 8.95 Å². The average molecular weight is 468 g/mol. The van der Waals surface area contributed by atoms with Gasteiger partial charge in [0.25, 0.3) is 0 Å². The predicted molar refractivity (Wildman–Crippen MR) is 103 cm³/mol. The molecular formula is C16H12Br2N4OS. The maximum Gasteiger partial charge on any atom is 0.234 e. The number of anilines is 1. The zero-order valence-corrected chi connectivity index (χ0v) is 16.3. The normalized spacial score (nSPS) is 10.6. The van der Waals surface area contributed by atoms with Crippen LogP contribution in [0.4, 0.5) is 5.69 Å². The van der Waals surface area contributed by atoms with Crippen molar-refractivity contribution in [2.24, 2.45) is 0 Å². The van der Waals surface area contributed by atoms with E-state index in [1.807, 2.05) is 48.5 Å². The van der Waals surface area contributed by atoms with E-state index in [-0.39, 0.29) is 11.7 Å². The van der Waals surface area contributed by atoms with E-state index in [1.54, 1.807) is 11.0 Å². The fourth-order valence-corrected chi connectivity index (χ4v) is 3.24. The molecule has 0 radical (unpaired) electrons. The Balaban J connectivity index is 1.59. The lowest BCUT2D eigenvalue weighted by atomic mass is 10.3. The predicted octanol–water partition coefficient (Wildman–Crippen LogP) is 4.52. The second-order valence-electron chi connectivity index (χ2n) is 4.77. The van der Waals surface area contributed by atoms with Crippen molar-refractivity contribution in [3.8, 4) is 5.69 Å². The zero-order chi connectivity index (χ0) is 16.9. The monoisotopic (exact) mass is 466 g/mol. The maximum atomic E-state index is 12.1. The number of nitrogens with one attached hydrogen (secondary N) is 1. The largest absolute Gasteiger partial charge is 0.324 e. The van der Waals surface area contributed by atoms with Gasteiger partial charge in [-0.1, -0.05) is 45.9 Å². The number of para-hydroxylation sites is 1. The van der Waals surface area contributed by atoms with Crippen LogP contribution in [0.15, 0.2) is 69.0 Å². The van der Waals surface area contributed by atoms with E-state index >= 15 is 0 Å². The number of amides is 1. The third-order valence-electron chi connectivity index (χ3n) is 3.03. The van der Waals surface area contributed by atoms with E-state index in [0.717, 1.165) is 20.3 Å². The minimum absolute atomic E-state index is 0.116. The van der Waals surface area contributed by atoms with Crippen molar-refractivity contribution in [1.29, 1.82) is 0 Å². The molecule has 0 aliphatic heterocycles. The maximum absolute atomic E-state index is 12.1. The van der Waals surface area contributed by atoms with Crippen LogP contribution in [0.25, 0.3) is 5.69 Å². The van der Waals surface area contributed by atoms with Crippen LogP contribution in [-0.4, -0.2) is 26.4 Å². The van der Waals surface area contributed by atoms with E-state index in [2.05, 4.69) is 47.3 Å². The van der Waals surface area contributed by atoms with E-state index in [9.17, 15) is 4.79 Å². The molecule has 24 heavy (non-hydrogen) atoms. The van der Waals surface area contributed by atoms with Crippen LogP contribution in [0.2, 0.25) is 0 Å². The lowest BCUT2D eigenvalue weighted by molar-refractivity contribution is -0.113.